The fraction of sp³-hybridized carbons (Fsp3) is 0.500. The number of carbonyl (C=O) groups excluding carboxylic acids is 1. The Hall–Kier alpha value is -1.07. The van der Waals surface area contributed by atoms with Gasteiger partial charge in [0.05, 0.1) is 0 Å². The molecule has 0 saturated heterocycles. The first kappa shape index (κ1) is 16.3. The molecule has 1 saturated carbocycles. The van der Waals surface area contributed by atoms with Crippen LogP contribution in [0.2, 0.25) is 0 Å². The highest BCUT2D eigenvalue weighted by molar-refractivity contribution is 7.98. The number of hydrogen-bond acceptors (Lipinski definition) is 3. The van der Waals surface area contributed by atoms with Crippen molar-refractivity contribution in [1.82, 2.24) is 10.6 Å². The van der Waals surface area contributed by atoms with Gasteiger partial charge in [0.2, 0.25) is 5.91 Å². The topological polar surface area (TPSA) is 41.1 Å². The third-order valence-corrected chi connectivity index (χ3v) is 4.81. The summed E-state index contributed by atoms with van der Waals surface area (Å²) < 4.78 is 0. The molecule has 0 aromatic heterocycles. The number of thiocarbonyl (C=S) groups is 1. The molecule has 3 nitrogen and oxygen atoms in total. The molecule has 0 aliphatic heterocycles. The normalized spacial score (nSPS) is 15.5. The predicted octanol–water partition coefficient (Wildman–Crippen LogP) is 3.48. The molecule has 2 rings (SSSR count). The van der Waals surface area contributed by atoms with Crippen molar-refractivity contribution >= 4 is 35.0 Å². The van der Waals surface area contributed by atoms with Crippen LogP contribution in [-0.2, 0) is 11.3 Å². The quantitative estimate of drug-likeness (QED) is 0.658. The second-order valence-electron chi connectivity index (χ2n) is 5.35. The minimum absolute atomic E-state index is 0.0740. The summed E-state index contributed by atoms with van der Waals surface area (Å²) in [4.78, 5) is 13.3. The molecule has 2 N–H and O–H groups in total. The molecule has 0 unspecified atom stereocenters. The average molecular weight is 322 g/mol. The van der Waals surface area contributed by atoms with E-state index in [-0.39, 0.29) is 11.8 Å². The lowest BCUT2D eigenvalue weighted by molar-refractivity contribution is -0.124. The Bertz CT molecular complexity index is 482. The number of carbonyl (C=O) groups is 1. The first-order valence-corrected chi connectivity index (χ1v) is 9.04. The molecule has 5 heteroatoms. The van der Waals surface area contributed by atoms with Crippen molar-refractivity contribution in [2.24, 2.45) is 5.92 Å². The lowest BCUT2D eigenvalue weighted by Gasteiger charge is -2.21. The van der Waals surface area contributed by atoms with Crippen LogP contribution in [0.3, 0.4) is 0 Å². The van der Waals surface area contributed by atoms with Crippen LogP contribution >= 0.6 is 24.0 Å². The van der Waals surface area contributed by atoms with Crippen molar-refractivity contribution in [3.05, 3.63) is 29.8 Å². The van der Waals surface area contributed by atoms with Crippen LogP contribution in [0.15, 0.2) is 29.2 Å². The van der Waals surface area contributed by atoms with E-state index in [2.05, 4.69) is 41.2 Å². The maximum absolute atomic E-state index is 12.1. The number of rotatable bonds is 4. The Balaban J connectivity index is 1.74. The third-order valence-electron chi connectivity index (χ3n) is 3.82. The van der Waals surface area contributed by atoms with Crippen LogP contribution in [0.25, 0.3) is 0 Å². The highest BCUT2D eigenvalue weighted by Crippen LogP contribution is 2.23. The lowest BCUT2D eigenvalue weighted by Crippen LogP contribution is -2.42. The maximum Gasteiger partial charge on any atom is 0.229 e. The summed E-state index contributed by atoms with van der Waals surface area (Å²) in [5.41, 5.74) is 1.15. The van der Waals surface area contributed by atoms with E-state index in [0.717, 1.165) is 31.2 Å². The van der Waals surface area contributed by atoms with Crippen LogP contribution in [0, 0.1) is 5.92 Å². The van der Waals surface area contributed by atoms with Crippen molar-refractivity contribution < 1.29 is 4.79 Å². The first-order valence-electron chi connectivity index (χ1n) is 7.40. The molecule has 0 heterocycles. The Morgan fingerprint density at radius 3 is 2.52 bits per heavy atom. The highest BCUT2D eigenvalue weighted by Gasteiger charge is 2.21. The largest absolute Gasteiger partial charge is 0.358 e. The van der Waals surface area contributed by atoms with Gasteiger partial charge >= 0.3 is 0 Å². The zero-order valence-corrected chi connectivity index (χ0v) is 14.0. The minimum Gasteiger partial charge on any atom is -0.358 e. The fourth-order valence-corrected chi connectivity index (χ4v) is 3.13. The van der Waals surface area contributed by atoms with E-state index >= 15 is 0 Å². The van der Waals surface area contributed by atoms with Crippen molar-refractivity contribution in [1.29, 1.82) is 0 Å². The van der Waals surface area contributed by atoms with Crippen LogP contribution in [0.1, 0.15) is 37.7 Å². The van der Waals surface area contributed by atoms with E-state index in [1.807, 2.05) is 0 Å². The van der Waals surface area contributed by atoms with Crippen LogP contribution in [-0.4, -0.2) is 17.3 Å². The summed E-state index contributed by atoms with van der Waals surface area (Å²) in [6.07, 6.45) is 7.59. The summed E-state index contributed by atoms with van der Waals surface area (Å²) in [6.45, 7) is 0.637. The number of thioether (sulfide) groups is 1. The Labute approximate surface area is 136 Å². The highest BCUT2D eigenvalue weighted by atomic mass is 32.2. The number of nitrogens with one attached hydrogen (secondary N) is 2. The summed E-state index contributed by atoms with van der Waals surface area (Å²) in [5.74, 6) is 0.212. The van der Waals surface area contributed by atoms with E-state index in [1.54, 1.807) is 11.8 Å². The molecule has 1 aliphatic carbocycles. The van der Waals surface area contributed by atoms with Crippen LogP contribution < -0.4 is 10.6 Å². The minimum atomic E-state index is 0.0740. The molecule has 0 spiro atoms. The van der Waals surface area contributed by atoms with Crippen molar-refractivity contribution in [3.8, 4) is 0 Å². The van der Waals surface area contributed by atoms with Crippen molar-refractivity contribution in [2.45, 2.75) is 43.5 Å². The van der Waals surface area contributed by atoms with Gasteiger partial charge in [-0.25, -0.2) is 0 Å². The smallest absolute Gasteiger partial charge is 0.229 e. The number of amides is 1. The van der Waals surface area contributed by atoms with Crippen molar-refractivity contribution in [3.63, 3.8) is 0 Å². The molecule has 0 radical (unpaired) electrons. The molecule has 1 aromatic carbocycles. The van der Waals surface area contributed by atoms with Gasteiger partial charge in [0.15, 0.2) is 5.11 Å². The van der Waals surface area contributed by atoms with E-state index in [4.69, 9.17) is 12.2 Å². The second kappa shape index (κ2) is 8.39. The van der Waals surface area contributed by atoms with Gasteiger partial charge < -0.3 is 10.6 Å². The predicted molar refractivity (Wildman–Crippen MR) is 92.4 cm³/mol. The third kappa shape index (κ3) is 5.32. The maximum atomic E-state index is 12.1. The molecule has 1 fully saturated rings. The van der Waals surface area contributed by atoms with Gasteiger partial charge in [-0.15, -0.1) is 11.8 Å². The van der Waals surface area contributed by atoms with E-state index in [0.29, 0.717) is 11.7 Å². The van der Waals surface area contributed by atoms with Gasteiger partial charge in [-0.3, -0.25) is 4.79 Å². The van der Waals surface area contributed by atoms with Gasteiger partial charge in [0, 0.05) is 17.4 Å². The van der Waals surface area contributed by atoms with Gasteiger partial charge in [0.25, 0.3) is 0 Å². The Kier molecular flexibility index (Phi) is 6.51. The van der Waals surface area contributed by atoms with Gasteiger partial charge in [-0.1, -0.05) is 31.4 Å². The summed E-state index contributed by atoms with van der Waals surface area (Å²) in [6, 6.07) is 8.32. The van der Waals surface area contributed by atoms with E-state index in [1.165, 1.54) is 11.3 Å². The van der Waals surface area contributed by atoms with Crippen LogP contribution in [0.5, 0.6) is 0 Å². The number of benzene rings is 1. The molecule has 0 bridgehead atoms. The summed E-state index contributed by atoms with van der Waals surface area (Å²) >= 11 is 6.92. The molecule has 21 heavy (non-hydrogen) atoms. The van der Waals surface area contributed by atoms with E-state index < -0.39 is 0 Å². The molecule has 0 atom stereocenters. The van der Waals surface area contributed by atoms with Gasteiger partial charge in [-0.05, 0) is 49.0 Å². The Morgan fingerprint density at radius 1 is 1.24 bits per heavy atom. The molecule has 114 valence electrons. The van der Waals surface area contributed by atoms with E-state index in [9.17, 15) is 4.79 Å². The average Bonchev–Trinajstić information content (AvgIpc) is 2.54. The fourth-order valence-electron chi connectivity index (χ4n) is 2.55. The first-order chi connectivity index (χ1) is 10.2. The van der Waals surface area contributed by atoms with Gasteiger partial charge in [0.1, 0.15) is 0 Å². The van der Waals surface area contributed by atoms with Crippen molar-refractivity contribution in [2.75, 3.05) is 6.26 Å². The zero-order chi connectivity index (χ0) is 15.1. The molecule has 1 aliphatic rings. The zero-order valence-electron chi connectivity index (χ0n) is 12.4. The van der Waals surface area contributed by atoms with Crippen LogP contribution in [0.4, 0.5) is 0 Å². The molecule has 1 amide bonds. The molecular formula is C16H22N2OS2. The van der Waals surface area contributed by atoms with Gasteiger partial charge in [-0.2, -0.15) is 0 Å². The standard InChI is InChI=1S/C16H22N2OS2/c1-21-14-9-7-12(8-10-14)11-17-16(20)18-15(19)13-5-3-2-4-6-13/h7-10,13H,2-6,11H2,1H3,(H2,17,18,19,20). The Morgan fingerprint density at radius 2 is 1.90 bits per heavy atom. The summed E-state index contributed by atoms with van der Waals surface area (Å²) in [5, 5.41) is 6.35. The summed E-state index contributed by atoms with van der Waals surface area (Å²) in [7, 11) is 0. The lowest BCUT2D eigenvalue weighted by atomic mass is 9.89. The molecule has 1 aromatic rings. The number of hydrogen-bond donors (Lipinski definition) is 2. The second-order valence-corrected chi connectivity index (χ2v) is 6.64. The SMILES string of the molecule is CSc1ccc(CNC(=S)NC(=O)C2CCCCC2)cc1. The monoisotopic (exact) mass is 322 g/mol. The molecular weight excluding hydrogens is 300 g/mol.